The van der Waals surface area contributed by atoms with E-state index in [1.807, 2.05) is 51.7 Å². The molecule has 0 amide bonds. The number of carbonyl (C=O) groups excluding carboxylic acids is 1. The van der Waals surface area contributed by atoms with E-state index >= 15 is 0 Å². The van der Waals surface area contributed by atoms with Gasteiger partial charge in [0.25, 0.3) is 0 Å². The molecule has 0 radical (unpaired) electrons. The number of cyclic esters (lactones) is 1. The smallest absolute Gasteiger partial charge is 0.311 e. The van der Waals surface area contributed by atoms with Gasteiger partial charge in [0.2, 0.25) is 0 Å². The number of likely N-dealkylation sites (N-methyl/N-ethyl adjacent to an activating group) is 2. The van der Waals surface area contributed by atoms with Gasteiger partial charge in [0.05, 0.1) is 41.5 Å². The molecule has 0 saturated carbocycles. The maximum absolute atomic E-state index is 14.2. The summed E-state index contributed by atoms with van der Waals surface area (Å²) in [7, 11) is 7.12. The molecule has 0 aliphatic carbocycles. The monoisotopic (exact) mass is 785 g/mol. The van der Waals surface area contributed by atoms with E-state index in [4.69, 9.17) is 28.4 Å². The van der Waals surface area contributed by atoms with Crippen LogP contribution in [0.4, 0.5) is 0 Å². The van der Waals surface area contributed by atoms with Gasteiger partial charge in [0.15, 0.2) is 12.6 Å². The zero-order valence-electron chi connectivity index (χ0n) is 35.2. The lowest BCUT2D eigenvalue weighted by Crippen LogP contribution is -2.60. The van der Waals surface area contributed by atoms with Gasteiger partial charge >= 0.3 is 5.97 Å². The maximum Gasteiger partial charge on any atom is 0.311 e. The Hall–Kier alpha value is -1.09. The van der Waals surface area contributed by atoms with Crippen LogP contribution in [0.25, 0.3) is 0 Å². The highest BCUT2D eigenvalue weighted by Crippen LogP contribution is 2.40. The number of carbonyl (C=O) groups is 1. The van der Waals surface area contributed by atoms with Crippen molar-refractivity contribution < 1.29 is 69.7 Å². The highest BCUT2D eigenvalue weighted by atomic mass is 16.7. The van der Waals surface area contributed by atoms with Crippen molar-refractivity contribution in [3.8, 4) is 0 Å². The molecule has 0 spiro atoms. The molecule has 322 valence electrons. The van der Waals surface area contributed by atoms with Crippen molar-refractivity contribution in [3.63, 3.8) is 0 Å². The summed E-state index contributed by atoms with van der Waals surface area (Å²) in [6.45, 7) is 18.0. The number of ether oxygens (including phenoxy) is 6. The van der Waals surface area contributed by atoms with Crippen LogP contribution in [0.1, 0.15) is 94.9 Å². The van der Waals surface area contributed by atoms with Gasteiger partial charge in [-0.25, -0.2) is 0 Å². The molecule has 54 heavy (non-hydrogen) atoms. The first-order valence-electron chi connectivity index (χ1n) is 19.1. The zero-order chi connectivity index (χ0) is 39.7. The lowest BCUT2D eigenvalue weighted by atomic mass is 9.77. The van der Waals surface area contributed by atoms with Gasteiger partial charge in [-0.1, -0.05) is 20.8 Å². The fourth-order valence-corrected chi connectivity index (χ4v) is 8.74. The number of aliphatic hydroxyl groups is 5. The predicted molar refractivity (Wildman–Crippen MR) is 201 cm³/mol. The molecular formula is C38H76N2O14. The molecule has 0 aromatic heterocycles. The van der Waals surface area contributed by atoms with Crippen LogP contribution in [0.5, 0.6) is 0 Å². The first-order chi connectivity index (χ1) is 23.9. The van der Waals surface area contributed by atoms with Crippen LogP contribution >= 0.6 is 0 Å². The van der Waals surface area contributed by atoms with E-state index in [1.165, 1.54) is 14.0 Å². The molecular weight excluding hydrogens is 708 g/mol. The van der Waals surface area contributed by atoms with Crippen LogP contribution in [0.3, 0.4) is 0 Å². The van der Waals surface area contributed by atoms with E-state index in [1.54, 1.807) is 41.5 Å². The molecule has 0 aromatic carbocycles. The normalized spacial score (nSPS) is 47.8. The van der Waals surface area contributed by atoms with E-state index in [9.17, 15) is 30.3 Å². The minimum absolute atomic E-state index is 0. The van der Waals surface area contributed by atoms with Crippen LogP contribution in [0.2, 0.25) is 0 Å². The second-order valence-corrected chi connectivity index (χ2v) is 17.2. The highest BCUT2D eigenvalue weighted by Gasteiger charge is 2.52. The Morgan fingerprint density at radius 3 is 2.06 bits per heavy atom. The van der Waals surface area contributed by atoms with Crippen molar-refractivity contribution in [2.45, 2.75) is 185 Å². The number of esters is 1. The predicted octanol–water partition coefficient (Wildman–Crippen LogP) is 0.251. The van der Waals surface area contributed by atoms with Crippen LogP contribution in [-0.4, -0.2) is 177 Å². The average Bonchev–Trinajstić information content (AvgIpc) is 3.05. The Balaban J connectivity index is 0.00000729. The summed E-state index contributed by atoms with van der Waals surface area (Å²) in [5.41, 5.74) is -4.37. The molecule has 3 aliphatic rings. The Morgan fingerprint density at radius 1 is 0.926 bits per heavy atom. The van der Waals surface area contributed by atoms with E-state index in [0.29, 0.717) is 13.0 Å². The highest BCUT2D eigenvalue weighted by molar-refractivity contribution is 5.73. The van der Waals surface area contributed by atoms with Crippen molar-refractivity contribution in [2.75, 3.05) is 34.8 Å². The first kappa shape index (κ1) is 50.9. The second-order valence-electron chi connectivity index (χ2n) is 17.2. The van der Waals surface area contributed by atoms with E-state index in [-0.39, 0.29) is 48.3 Å². The third-order valence-corrected chi connectivity index (χ3v) is 12.2. The quantitative estimate of drug-likeness (QED) is 0.218. The summed E-state index contributed by atoms with van der Waals surface area (Å²) < 4.78 is 37.5. The average molecular weight is 785 g/mol. The molecule has 18 atom stereocenters. The third-order valence-electron chi connectivity index (χ3n) is 12.2. The summed E-state index contributed by atoms with van der Waals surface area (Å²) in [5.74, 6) is -2.58. The minimum Gasteiger partial charge on any atom is -0.459 e. The zero-order valence-corrected chi connectivity index (χ0v) is 35.2. The second kappa shape index (κ2) is 20.1. The van der Waals surface area contributed by atoms with E-state index in [2.05, 4.69) is 0 Å². The molecule has 0 bridgehead atoms. The number of methoxy groups -OCH3 is 1. The van der Waals surface area contributed by atoms with Crippen LogP contribution in [0, 0.1) is 17.8 Å². The minimum atomic E-state index is -1.80. The Labute approximate surface area is 323 Å². The van der Waals surface area contributed by atoms with Gasteiger partial charge in [0, 0.05) is 38.1 Å². The van der Waals surface area contributed by atoms with Crippen LogP contribution in [0.15, 0.2) is 0 Å². The first-order valence-corrected chi connectivity index (χ1v) is 19.1. The molecule has 1 unspecified atom stereocenters. The summed E-state index contributed by atoms with van der Waals surface area (Å²) in [5, 5.41) is 58.1. The van der Waals surface area contributed by atoms with Gasteiger partial charge in [-0.3, -0.25) is 4.79 Å². The number of hydrogen-bond donors (Lipinski definition) is 5. The molecule has 3 saturated heterocycles. The molecule has 9 N–H and O–H groups in total. The molecule has 0 aromatic rings. The molecule has 3 fully saturated rings. The van der Waals surface area contributed by atoms with Gasteiger partial charge in [-0.05, 0) is 94.8 Å². The SMILES string of the molecule is CC[C@H]1OC(=O)[C@H](C)[C@@H](O[C@H]2C[C@@](C)(OC)[C@@H](O)[C@H](C)O2)C(C)[C@@H](O[C@@H]2O[C@H](C)C[C@H](N(C)C)[C@H]2O)[C@](C)(O)C[C@@H](C)CN(C)[C@H](C)[C@@H](O)[C@]1(C)O.O.O. The summed E-state index contributed by atoms with van der Waals surface area (Å²) in [6.07, 6.45) is -8.19. The topological polar surface area (TPSA) is 243 Å². The Kier molecular flexibility index (Phi) is 18.9. The summed E-state index contributed by atoms with van der Waals surface area (Å²) >= 11 is 0. The number of hydrogen-bond acceptors (Lipinski definition) is 14. The molecule has 3 heterocycles. The molecule has 3 rings (SSSR count). The van der Waals surface area contributed by atoms with E-state index in [0.717, 1.165) is 0 Å². The third kappa shape index (κ3) is 11.3. The molecule has 16 heteroatoms. The standard InChI is InChI=1S/C38H72N2O12.2H2O/c1-15-27-38(10,46)31(42)24(6)40(13)19-20(2)17-36(8,45)33(52-35-29(41)26(39(11)12)16-21(3)48-35)22(4)30(23(5)34(44)50-27)51-28-18-37(9,47-14)32(43)25(7)49-28;;/h20-33,35,41-43,45-46H,15-19H2,1-14H3;2*1H2/t20-,21-,22?,23-,24-,25+,26+,27-,28+,29-,30+,31-,32+,33-,35+,36-,37-,38-;;/m1../s1. The van der Waals surface area contributed by atoms with Crippen molar-refractivity contribution in [1.29, 1.82) is 0 Å². The Morgan fingerprint density at radius 2 is 1.52 bits per heavy atom. The van der Waals surface area contributed by atoms with Gasteiger partial charge in [-0.15, -0.1) is 0 Å². The molecule has 3 aliphatic heterocycles. The summed E-state index contributed by atoms with van der Waals surface area (Å²) in [6, 6.07) is -0.808. The summed E-state index contributed by atoms with van der Waals surface area (Å²) in [4.78, 5) is 18.0. The number of nitrogens with zero attached hydrogens (tertiary/aromatic N) is 2. The van der Waals surface area contributed by atoms with E-state index < -0.39 is 96.0 Å². The van der Waals surface area contributed by atoms with Crippen LogP contribution < -0.4 is 0 Å². The Bertz CT molecular complexity index is 1150. The van der Waals surface area contributed by atoms with Crippen molar-refractivity contribution >= 4 is 5.97 Å². The maximum atomic E-state index is 14.2. The van der Waals surface area contributed by atoms with Crippen molar-refractivity contribution in [1.82, 2.24) is 9.80 Å². The van der Waals surface area contributed by atoms with Gasteiger partial charge in [-0.2, -0.15) is 0 Å². The van der Waals surface area contributed by atoms with Crippen LogP contribution in [-0.2, 0) is 33.2 Å². The largest absolute Gasteiger partial charge is 0.459 e. The van der Waals surface area contributed by atoms with Gasteiger partial charge < -0.3 is 74.7 Å². The number of aliphatic hydroxyl groups excluding tert-OH is 3. The fourth-order valence-electron chi connectivity index (χ4n) is 8.74. The van der Waals surface area contributed by atoms with Crippen molar-refractivity contribution in [3.05, 3.63) is 0 Å². The lowest BCUT2D eigenvalue weighted by Gasteiger charge is -2.48. The lowest BCUT2D eigenvalue weighted by molar-refractivity contribution is -0.318. The van der Waals surface area contributed by atoms with Gasteiger partial charge in [0.1, 0.15) is 30.0 Å². The molecule has 16 nitrogen and oxygen atoms in total. The fraction of sp³-hybridized carbons (Fsp3) is 0.974. The number of rotatable bonds is 7. The van der Waals surface area contributed by atoms with Crippen molar-refractivity contribution in [2.24, 2.45) is 17.8 Å².